The molecule has 24 heavy (non-hydrogen) atoms. The number of halogens is 1. The summed E-state index contributed by atoms with van der Waals surface area (Å²) in [4.78, 5) is 2.43. The summed E-state index contributed by atoms with van der Waals surface area (Å²) in [6.07, 6.45) is -0.215. The van der Waals surface area contributed by atoms with E-state index >= 15 is 0 Å². The maximum Gasteiger partial charge on any atom is 0.151 e. The van der Waals surface area contributed by atoms with Gasteiger partial charge in [0.05, 0.1) is 6.61 Å². The molecule has 0 amide bonds. The van der Waals surface area contributed by atoms with Crippen molar-refractivity contribution in [2.45, 2.75) is 32.1 Å². The normalized spacial score (nSPS) is 20.1. The zero-order chi connectivity index (χ0) is 16.9. The van der Waals surface area contributed by atoms with Gasteiger partial charge in [0.1, 0.15) is 11.9 Å². The summed E-state index contributed by atoms with van der Waals surface area (Å²) >= 11 is 6.20. The Morgan fingerprint density at radius 2 is 1.92 bits per heavy atom. The van der Waals surface area contributed by atoms with Gasteiger partial charge in [0.25, 0.3) is 0 Å². The molecule has 1 heterocycles. The summed E-state index contributed by atoms with van der Waals surface area (Å²) in [6.45, 7) is 6.96. The van der Waals surface area contributed by atoms with E-state index in [4.69, 9.17) is 21.1 Å². The molecule has 0 radical (unpaired) electrons. The van der Waals surface area contributed by atoms with E-state index in [2.05, 4.69) is 24.8 Å². The largest absolute Gasteiger partial charge is 0.483 e. The van der Waals surface area contributed by atoms with Gasteiger partial charge in [-0.2, -0.15) is 0 Å². The standard InChI is InChI=1S/C20H24ClNO2/c1-15(2)22-11-12-23-19(14-22)20(16-7-6-8-17(21)13-16)24-18-9-4-3-5-10-18/h3-10,13,15,19-20H,11-12,14H2,1-2H3. The van der Waals surface area contributed by atoms with Crippen molar-refractivity contribution in [3.8, 4) is 5.75 Å². The Morgan fingerprint density at radius 1 is 1.12 bits per heavy atom. The first-order chi connectivity index (χ1) is 11.6. The summed E-state index contributed by atoms with van der Waals surface area (Å²) in [5.41, 5.74) is 1.04. The van der Waals surface area contributed by atoms with Crippen LogP contribution in [0.1, 0.15) is 25.5 Å². The second-order valence-electron chi connectivity index (χ2n) is 6.40. The fraction of sp³-hybridized carbons (Fsp3) is 0.400. The molecule has 0 N–H and O–H groups in total. The molecule has 0 spiro atoms. The molecular formula is C20H24ClNO2. The molecule has 0 aliphatic carbocycles. The molecule has 2 aromatic carbocycles. The molecule has 0 bridgehead atoms. The molecule has 2 aromatic rings. The Kier molecular flexibility index (Phi) is 5.77. The zero-order valence-electron chi connectivity index (χ0n) is 14.2. The molecule has 1 aliphatic heterocycles. The minimum atomic E-state index is -0.187. The second-order valence-corrected chi connectivity index (χ2v) is 6.84. The molecule has 0 aromatic heterocycles. The molecule has 0 saturated carbocycles. The van der Waals surface area contributed by atoms with Crippen LogP contribution in [0.25, 0.3) is 0 Å². The topological polar surface area (TPSA) is 21.7 Å². The molecular weight excluding hydrogens is 322 g/mol. The monoisotopic (exact) mass is 345 g/mol. The van der Waals surface area contributed by atoms with Crippen LogP contribution < -0.4 is 4.74 Å². The number of para-hydroxylation sites is 1. The molecule has 2 atom stereocenters. The first-order valence-electron chi connectivity index (χ1n) is 8.46. The van der Waals surface area contributed by atoms with E-state index in [-0.39, 0.29) is 12.2 Å². The van der Waals surface area contributed by atoms with Gasteiger partial charge in [0.2, 0.25) is 0 Å². The summed E-state index contributed by atoms with van der Waals surface area (Å²) in [5, 5.41) is 0.714. The Morgan fingerprint density at radius 3 is 2.62 bits per heavy atom. The fourth-order valence-corrected chi connectivity index (χ4v) is 3.24. The number of nitrogens with zero attached hydrogens (tertiary/aromatic N) is 1. The van der Waals surface area contributed by atoms with Crippen LogP contribution in [0.4, 0.5) is 0 Å². The van der Waals surface area contributed by atoms with E-state index < -0.39 is 0 Å². The van der Waals surface area contributed by atoms with Gasteiger partial charge < -0.3 is 9.47 Å². The Bertz CT molecular complexity index is 647. The van der Waals surface area contributed by atoms with Crippen LogP contribution >= 0.6 is 11.6 Å². The summed E-state index contributed by atoms with van der Waals surface area (Å²) in [5.74, 6) is 0.841. The number of benzene rings is 2. The lowest BCUT2D eigenvalue weighted by Gasteiger charge is -2.39. The molecule has 1 fully saturated rings. The number of hydrogen-bond donors (Lipinski definition) is 0. The van der Waals surface area contributed by atoms with Crippen LogP contribution in [0.2, 0.25) is 5.02 Å². The van der Waals surface area contributed by atoms with Crippen LogP contribution in [0, 0.1) is 0 Å². The van der Waals surface area contributed by atoms with E-state index in [0.717, 1.165) is 31.0 Å². The Hall–Kier alpha value is -1.55. The van der Waals surface area contributed by atoms with E-state index in [1.54, 1.807) is 0 Å². The lowest BCUT2D eigenvalue weighted by Crippen LogP contribution is -2.48. The predicted molar refractivity (Wildman–Crippen MR) is 97.7 cm³/mol. The first kappa shape index (κ1) is 17.3. The Balaban J connectivity index is 1.86. The van der Waals surface area contributed by atoms with E-state index in [1.165, 1.54) is 0 Å². The second kappa shape index (κ2) is 8.02. The minimum absolute atomic E-state index is 0.0279. The highest BCUT2D eigenvalue weighted by Gasteiger charge is 2.32. The third kappa shape index (κ3) is 4.29. The Labute approximate surface area is 149 Å². The highest BCUT2D eigenvalue weighted by molar-refractivity contribution is 6.30. The van der Waals surface area contributed by atoms with E-state index in [0.29, 0.717) is 11.1 Å². The van der Waals surface area contributed by atoms with Gasteiger partial charge in [-0.15, -0.1) is 0 Å². The minimum Gasteiger partial charge on any atom is -0.483 e. The van der Waals surface area contributed by atoms with Crippen molar-refractivity contribution in [1.82, 2.24) is 4.90 Å². The highest BCUT2D eigenvalue weighted by atomic mass is 35.5. The van der Waals surface area contributed by atoms with Crippen molar-refractivity contribution < 1.29 is 9.47 Å². The number of rotatable bonds is 5. The van der Waals surface area contributed by atoms with Crippen molar-refractivity contribution in [2.24, 2.45) is 0 Å². The summed E-state index contributed by atoms with van der Waals surface area (Å²) in [6, 6.07) is 18.2. The molecule has 2 unspecified atom stereocenters. The molecule has 3 nitrogen and oxygen atoms in total. The van der Waals surface area contributed by atoms with Crippen LogP contribution in [0.5, 0.6) is 5.75 Å². The smallest absolute Gasteiger partial charge is 0.151 e. The van der Waals surface area contributed by atoms with E-state index in [1.807, 2.05) is 48.5 Å². The molecule has 1 aliphatic rings. The molecule has 3 rings (SSSR count). The number of ether oxygens (including phenoxy) is 2. The van der Waals surface area contributed by atoms with Crippen molar-refractivity contribution in [3.05, 3.63) is 65.2 Å². The maximum atomic E-state index is 6.31. The van der Waals surface area contributed by atoms with Gasteiger partial charge in [0, 0.05) is 24.2 Å². The highest BCUT2D eigenvalue weighted by Crippen LogP contribution is 2.30. The average Bonchev–Trinajstić information content (AvgIpc) is 2.60. The van der Waals surface area contributed by atoms with Crippen molar-refractivity contribution in [3.63, 3.8) is 0 Å². The lowest BCUT2D eigenvalue weighted by molar-refractivity contribution is -0.0885. The van der Waals surface area contributed by atoms with Crippen molar-refractivity contribution in [1.29, 1.82) is 0 Å². The third-order valence-electron chi connectivity index (χ3n) is 4.38. The first-order valence-corrected chi connectivity index (χ1v) is 8.84. The predicted octanol–water partition coefficient (Wildman–Crippen LogP) is 4.57. The van der Waals surface area contributed by atoms with Gasteiger partial charge in [-0.25, -0.2) is 0 Å². The van der Waals surface area contributed by atoms with Crippen LogP contribution in [0.3, 0.4) is 0 Å². The molecule has 128 valence electrons. The maximum absolute atomic E-state index is 6.31. The zero-order valence-corrected chi connectivity index (χ0v) is 14.9. The van der Waals surface area contributed by atoms with Crippen LogP contribution in [-0.4, -0.2) is 36.7 Å². The van der Waals surface area contributed by atoms with Crippen LogP contribution in [0.15, 0.2) is 54.6 Å². The summed E-state index contributed by atoms with van der Waals surface area (Å²) < 4.78 is 12.4. The van der Waals surface area contributed by atoms with E-state index in [9.17, 15) is 0 Å². The van der Waals surface area contributed by atoms with Gasteiger partial charge in [0.15, 0.2) is 6.10 Å². The van der Waals surface area contributed by atoms with Gasteiger partial charge in [-0.1, -0.05) is 41.9 Å². The fourth-order valence-electron chi connectivity index (χ4n) is 3.04. The average molecular weight is 346 g/mol. The lowest BCUT2D eigenvalue weighted by atomic mass is 10.0. The number of hydrogen-bond acceptors (Lipinski definition) is 3. The van der Waals surface area contributed by atoms with Gasteiger partial charge in [-0.3, -0.25) is 4.90 Å². The van der Waals surface area contributed by atoms with Gasteiger partial charge >= 0.3 is 0 Å². The van der Waals surface area contributed by atoms with Crippen LogP contribution in [-0.2, 0) is 4.74 Å². The summed E-state index contributed by atoms with van der Waals surface area (Å²) in [7, 11) is 0. The van der Waals surface area contributed by atoms with Crippen molar-refractivity contribution >= 4 is 11.6 Å². The molecule has 4 heteroatoms. The number of morpholine rings is 1. The SMILES string of the molecule is CC(C)N1CCOC(C(Oc2ccccc2)c2cccc(Cl)c2)C1. The third-order valence-corrected chi connectivity index (χ3v) is 4.61. The quantitative estimate of drug-likeness (QED) is 0.792. The van der Waals surface area contributed by atoms with Gasteiger partial charge in [-0.05, 0) is 43.7 Å². The molecule has 1 saturated heterocycles. The van der Waals surface area contributed by atoms with Crippen molar-refractivity contribution in [2.75, 3.05) is 19.7 Å².